The summed E-state index contributed by atoms with van der Waals surface area (Å²) in [4.78, 5) is 3.12. The molecule has 2 bridgehead atoms. The second kappa shape index (κ2) is 2.74. The molecule has 0 aromatic carbocycles. The Labute approximate surface area is 78.0 Å². The van der Waals surface area contributed by atoms with Crippen molar-refractivity contribution in [1.29, 1.82) is 0 Å². The Balaban J connectivity index is 1.96. The van der Waals surface area contributed by atoms with Gasteiger partial charge in [0.15, 0.2) is 0 Å². The molecule has 2 unspecified atom stereocenters. The molecular formula is C11H14N2. The minimum atomic E-state index is 0.620. The van der Waals surface area contributed by atoms with Crippen LogP contribution in [-0.2, 0) is 0 Å². The van der Waals surface area contributed by atoms with Crippen LogP contribution < -0.4 is 5.32 Å². The van der Waals surface area contributed by atoms with Gasteiger partial charge in [0.2, 0.25) is 0 Å². The van der Waals surface area contributed by atoms with Crippen LogP contribution in [0.1, 0.15) is 18.4 Å². The highest BCUT2D eigenvalue weighted by Crippen LogP contribution is 2.34. The van der Waals surface area contributed by atoms with Crippen molar-refractivity contribution in [3.63, 3.8) is 0 Å². The summed E-state index contributed by atoms with van der Waals surface area (Å²) in [6, 6.07) is 2.78. The first-order valence-electron chi connectivity index (χ1n) is 5.00. The fourth-order valence-corrected chi connectivity index (χ4v) is 2.48. The van der Waals surface area contributed by atoms with Gasteiger partial charge in [-0.05, 0) is 42.5 Å². The van der Waals surface area contributed by atoms with E-state index in [9.17, 15) is 0 Å². The van der Waals surface area contributed by atoms with Crippen LogP contribution in [0, 0.1) is 5.92 Å². The van der Waals surface area contributed by atoms with Crippen molar-refractivity contribution in [2.45, 2.75) is 18.9 Å². The molecule has 1 aromatic heterocycles. The van der Waals surface area contributed by atoms with Crippen LogP contribution >= 0.6 is 0 Å². The first-order valence-corrected chi connectivity index (χ1v) is 5.00. The molecule has 2 N–H and O–H groups in total. The van der Waals surface area contributed by atoms with E-state index in [2.05, 4.69) is 28.6 Å². The van der Waals surface area contributed by atoms with E-state index in [1.54, 1.807) is 0 Å². The maximum Gasteiger partial charge on any atom is 0.0326 e. The van der Waals surface area contributed by atoms with Gasteiger partial charge in [-0.2, -0.15) is 0 Å². The molecule has 13 heavy (non-hydrogen) atoms. The topological polar surface area (TPSA) is 27.8 Å². The number of hydrogen-bond donors (Lipinski definition) is 2. The normalized spacial score (nSPS) is 31.8. The SMILES string of the molecule is C1=C(c2cc[nH]c2)C2CC(C1)CN2. The molecule has 2 nitrogen and oxygen atoms in total. The van der Waals surface area contributed by atoms with Crippen LogP contribution in [0.4, 0.5) is 0 Å². The predicted molar refractivity (Wildman–Crippen MR) is 53.3 cm³/mol. The smallest absolute Gasteiger partial charge is 0.0326 e. The highest BCUT2D eigenvalue weighted by atomic mass is 15.0. The van der Waals surface area contributed by atoms with E-state index in [4.69, 9.17) is 0 Å². The Bertz CT molecular complexity index is 324. The van der Waals surface area contributed by atoms with Crippen molar-refractivity contribution in [2.24, 2.45) is 5.92 Å². The molecule has 1 saturated heterocycles. The van der Waals surface area contributed by atoms with Gasteiger partial charge in [0.05, 0.1) is 0 Å². The summed E-state index contributed by atoms with van der Waals surface area (Å²) >= 11 is 0. The summed E-state index contributed by atoms with van der Waals surface area (Å²) in [5, 5.41) is 3.57. The van der Waals surface area contributed by atoms with Crippen molar-refractivity contribution in [1.82, 2.24) is 10.3 Å². The van der Waals surface area contributed by atoms with E-state index in [0.717, 1.165) is 5.92 Å². The molecular weight excluding hydrogens is 160 g/mol. The Morgan fingerprint density at radius 1 is 1.38 bits per heavy atom. The number of H-pyrrole nitrogens is 1. The molecule has 0 saturated carbocycles. The Hall–Kier alpha value is -1.02. The van der Waals surface area contributed by atoms with Gasteiger partial charge in [0.1, 0.15) is 0 Å². The zero-order chi connectivity index (χ0) is 8.67. The molecule has 0 spiro atoms. The van der Waals surface area contributed by atoms with Crippen molar-refractivity contribution in [2.75, 3.05) is 6.54 Å². The van der Waals surface area contributed by atoms with E-state index in [0.29, 0.717) is 6.04 Å². The highest BCUT2D eigenvalue weighted by molar-refractivity contribution is 5.70. The van der Waals surface area contributed by atoms with Gasteiger partial charge in [-0.25, -0.2) is 0 Å². The van der Waals surface area contributed by atoms with Crippen LogP contribution in [0.15, 0.2) is 24.5 Å². The fourth-order valence-electron chi connectivity index (χ4n) is 2.48. The number of rotatable bonds is 1. The van der Waals surface area contributed by atoms with E-state index in [1.165, 1.54) is 30.5 Å². The lowest BCUT2D eigenvalue weighted by Crippen LogP contribution is -2.22. The van der Waals surface area contributed by atoms with Gasteiger partial charge in [-0.1, -0.05) is 6.08 Å². The zero-order valence-electron chi connectivity index (χ0n) is 7.59. The summed E-state index contributed by atoms with van der Waals surface area (Å²) < 4.78 is 0. The molecule has 1 aliphatic heterocycles. The largest absolute Gasteiger partial charge is 0.367 e. The van der Waals surface area contributed by atoms with Crippen LogP contribution in [-0.4, -0.2) is 17.6 Å². The van der Waals surface area contributed by atoms with Gasteiger partial charge in [0, 0.05) is 18.4 Å². The molecule has 2 atom stereocenters. The number of allylic oxidation sites excluding steroid dienone is 1. The Kier molecular flexibility index (Phi) is 1.56. The van der Waals surface area contributed by atoms with Crippen LogP contribution in [0.2, 0.25) is 0 Å². The van der Waals surface area contributed by atoms with Crippen molar-refractivity contribution < 1.29 is 0 Å². The highest BCUT2D eigenvalue weighted by Gasteiger charge is 2.30. The molecule has 1 aliphatic carbocycles. The fraction of sp³-hybridized carbons (Fsp3) is 0.455. The lowest BCUT2D eigenvalue weighted by molar-refractivity contribution is 0.574. The third-order valence-corrected chi connectivity index (χ3v) is 3.20. The summed E-state index contributed by atoms with van der Waals surface area (Å²) in [6.45, 7) is 1.20. The van der Waals surface area contributed by atoms with E-state index < -0.39 is 0 Å². The predicted octanol–water partition coefficient (Wildman–Crippen LogP) is 1.78. The third kappa shape index (κ3) is 1.13. The summed E-state index contributed by atoms with van der Waals surface area (Å²) in [7, 11) is 0. The molecule has 2 heteroatoms. The second-order valence-corrected chi connectivity index (χ2v) is 4.06. The molecule has 0 amide bonds. The van der Waals surface area contributed by atoms with Gasteiger partial charge >= 0.3 is 0 Å². The number of nitrogens with one attached hydrogen (secondary N) is 2. The standard InChI is InChI=1S/C11H14N2/c1-2-10(9-3-4-12-7-9)11-5-8(1)6-13-11/h2-4,7-8,11-13H,1,5-6H2. The Morgan fingerprint density at radius 3 is 3.23 bits per heavy atom. The molecule has 2 aliphatic rings. The van der Waals surface area contributed by atoms with Crippen molar-refractivity contribution >= 4 is 5.57 Å². The van der Waals surface area contributed by atoms with Gasteiger partial charge in [-0.3, -0.25) is 0 Å². The maximum absolute atomic E-state index is 3.57. The second-order valence-electron chi connectivity index (χ2n) is 4.06. The minimum absolute atomic E-state index is 0.620. The molecule has 68 valence electrons. The summed E-state index contributed by atoms with van der Waals surface area (Å²) in [5.41, 5.74) is 2.85. The minimum Gasteiger partial charge on any atom is -0.367 e. The molecule has 2 heterocycles. The average molecular weight is 174 g/mol. The monoisotopic (exact) mass is 174 g/mol. The third-order valence-electron chi connectivity index (χ3n) is 3.20. The molecule has 0 radical (unpaired) electrons. The molecule has 1 aromatic rings. The van der Waals surface area contributed by atoms with Crippen LogP contribution in [0.5, 0.6) is 0 Å². The van der Waals surface area contributed by atoms with E-state index >= 15 is 0 Å². The number of aromatic amines is 1. The van der Waals surface area contributed by atoms with Crippen LogP contribution in [0.25, 0.3) is 5.57 Å². The number of aromatic nitrogens is 1. The first kappa shape index (κ1) is 7.39. The van der Waals surface area contributed by atoms with Gasteiger partial charge < -0.3 is 10.3 Å². The molecule has 3 rings (SSSR count). The Morgan fingerprint density at radius 2 is 2.38 bits per heavy atom. The lowest BCUT2D eigenvalue weighted by atomic mass is 9.88. The average Bonchev–Trinajstić information content (AvgIpc) is 2.77. The quantitative estimate of drug-likeness (QED) is 0.667. The van der Waals surface area contributed by atoms with Crippen molar-refractivity contribution in [3.05, 3.63) is 30.1 Å². The number of fused-ring (bicyclic) bond motifs is 2. The van der Waals surface area contributed by atoms with Crippen LogP contribution in [0.3, 0.4) is 0 Å². The van der Waals surface area contributed by atoms with Gasteiger partial charge in [0.25, 0.3) is 0 Å². The maximum atomic E-state index is 3.57. The van der Waals surface area contributed by atoms with Crippen molar-refractivity contribution in [3.8, 4) is 0 Å². The lowest BCUT2D eigenvalue weighted by Gasteiger charge is -2.18. The van der Waals surface area contributed by atoms with E-state index in [1.807, 2.05) is 6.20 Å². The summed E-state index contributed by atoms with van der Waals surface area (Å²) in [6.07, 6.45) is 9.08. The summed E-state index contributed by atoms with van der Waals surface area (Å²) in [5.74, 6) is 0.896. The first-order chi connectivity index (χ1) is 6.43. The van der Waals surface area contributed by atoms with E-state index in [-0.39, 0.29) is 0 Å². The molecule has 1 fully saturated rings. The number of hydrogen-bond acceptors (Lipinski definition) is 1. The van der Waals surface area contributed by atoms with Gasteiger partial charge in [-0.15, -0.1) is 0 Å². The zero-order valence-corrected chi connectivity index (χ0v) is 7.59.